The fourth-order valence-electron chi connectivity index (χ4n) is 2.77. The predicted octanol–water partition coefficient (Wildman–Crippen LogP) is 3.33. The molecule has 1 aliphatic rings. The Morgan fingerprint density at radius 2 is 2.07 bits per heavy atom. The lowest BCUT2D eigenvalue weighted by Crippen LogP contribution is -2.22. The molecule has 0 spiro atoms. The minimum absolute atomic E-state index is 0.191. The number of benzene rings is 1. The van der Waals surface area contributed by atoms with Crippen LogP contribution in [0.5, 0.6) is 0 Å². The summed E-state index contributed by atoms with van der Waals surface area (Å²) < 4.78 is 14.7. The topological polar surface area (TPSA) is 75.8 Å². The number of nitrogens with one attached hydrogen (secondary N) is 1. The Hall–Kier alpha value is -3.27. The number of rotatable bonds is 8. The lowest BCUT2D eigenvalue weighted by molar-refractivity contribution is -0.116. The third-order valence-corrected chi connectivity index (χ3v) is 4.31. The molecule has 0 saturated carbocycles. The van der Waals surface area contributed by atoms with E-state index in [4.69, 9.17) is 6.42 Å². The molecular formula is C20H19FN4O2. The van der Waals surface area contributed by atoms with Gasteiger partial charge < -0.3 is 9.88 Å². The molecule has 0 unspecified atom stereocenters. The number of pyridine rings is 1. The minimum Gasteiger partial charge on any atom is -0.325 e. The van der Waals surface area contributed by atoms with Crippen molar-refractivity contribution < 1.29 is 9.18 Å². The first-order valence-electron chi connectivity index (χ1n) is 8.62. The Bertz CT molecular complexity index is 968. The summed E-state index contributed by atoms with van der Waals surface area (Å²) in [6, 6.07) is 8.95. The van der Waals surface area contributed by atoms with Gasteiger partial charge in [0, 0.05) is 37.9 Å². The molecule has 3 rings (SSSR count). The van der Waals surface area contributed by atoms with E-state index in [0.717, 1.165) is 0 Å². The predicted molar refractivity (Wildman–Crippen MR) is 99.7 cm³/mol. The smallest absolute Gasteiger partial charge is 0.250 e. The second kappa shape index (κ2) is 7.96. The van der Waals surface area contributed by atoms with Crippen molar-refractivity contribution >= 4 is 11.6 Å². The van der Waals surface area contributed by atoms with Gasteiger partial charge in [-0.25, -0.2) is 4.39 Å². The van der Waals surface area contributed by atoms with Gasteiger partial charge in [-0.15, -0.1) is 12.3 Å². The highest BCUT2D eigenvalue weighted by Gasteiger charge is 2.39. The number of carbonyl (C=O) groups excluding carboxylic acids is 1. The summed E-state index contributed by atoms with van der Waals surface area (Å²) >= 11 is 0. The Labute approximate surface area is 156 Å². The zero-order valence-electron chi connectivity index (χ0n) is 14.7. The van der Waals surface area contributed by atoms with Crippen LogP contribution in [0.4, 0.5) is 10.1 Å². The van der Waals surface area contributed by atoms with Crippen molar-refractivity contribution in [1.29, 1.82) is 0 Å². The number of nitrogens with zero attached hydrogens (tertiary/aromatic N) is 3. The molecule has 0 saturated heterocycles. The van der Waals surface area contributed by atoms with E-state index in [-0.39, 0.29) is 30.2 Å². The summed E-state index contributed by atoms with van der Waals surface area (Å²) in [5, 5.41) is 10.8. The molecule has 0 bridgehead atoms. The fourth-order valence-corrected chi connectivity index (χ4v) is 2.77. The van der Waals surface area contributed by atoms with Crippen molar-refractivity contribution in [3.8, 4) is 12.3 Å². The van der Waals surface area contributed by atoms with Gasteiger partial charge in [-0.3, -0.25) is 9.59 Å². The first-order chi connectivity index (χ1) is 13.0. The third-order valence-electron chi connectivity index (χ3n) is 4.31. The summed E-state index contributed by atoms with van der Waals surface area (Å²) in [6.45, 7) is 0.216. The Morgan fingerprint density at radius 3 is 2.78 bits per heavy atom. The number of amides is 1. The summed E-state index contributed by atoms with van der Waals surface area (Å²) in [5.41, 5.74) is 0.423. The maximum Gasteiger partial charge on any atom is 0.250 e. The number of anilines is 1. The monoisotopic (exact) mass is 366 g/mol. The van der Waals surface area contributed by atoms with Crippen LogP contribution in [0.15, 0.2) is 57.6 Å². The summed E-state index contributed by atoms with van der Waals surface area (Å²) in [7, 11) is 0. The molecule has 1 aliphatic heterocycles. The molecule has 27 heavy (non-hydrogen) atoms. The van der Waals surface area contributed by atoms with Crippen molar-refractivity contribution in [3.63, 3.8) is 0 Å². The summed E-state index contributed by atoms with van der Waals surface area (Å²) in [6.07, 6.45) is 8.77. The van der Waals surface area contributed by atoms with Crippen LogP contribution in [0, 0.1) is 18.2 Å². The molecule has 138 valence electrons. The lowest BCUT2D eigenvalue weighted by Gasteiger charge is -2.11. The van der Waals surface area contributed by atoms with Crippen LogP contribution < -0.4 is 10.9 Å². The van der Waals surface area contributed by atoms with Gasteiger partial charge in [0.1, 0.15) is 5.82 Å². The van der Waals surface area contributed by atoms with Crippen LogP contribution in [0.3, 0.4) is 0 Å². The molecular weight excluding hydrogens is 347 g/mol. The largest absolute Gasteiger partial charge is 0.325 e. The molecule has 2 heterocycles. The van der Waals surface area contributed by atoms with Crippen LogP contribution in [0.1, 0.15) is 31.2 Å². The van der Waals surface area contributed by atoms with Gasteiger partial charge in [0.25, 0.3) is 5.56 Å². The summed E-state index contributed by atoms with van der Waals surface area (Å²) in [4.78, 5) is 24.2. The number of hydrogen-bond donors (Lipinski definition) is 1. The number of aromatic nitrogens is 1. The van der Waals surface area contributed by atoms with Gasteiger partial charge >= 0.3 is 0 Å². The molecule has 2 aromatic rings. The first-order valence-corrected chi connectivity index (χ1v) is 8.62. The van der Waals surface area contributed by atoms with E-state index in [1.807, 2.05) is 0 Å². The van der Waals surface area contributed by atoms with Crippen LogP contribution in [0.25, 0.3) is 0 Å². The zero-order valence-corrected chi connectivity index (χ0v) is 14.7. The Morgan fingerprint density at radius 1 is 1.26 bits per heavy atom. The molecule has 1 aromatic carbocycles. The van der Waals surface area contributed by atoms with Gasteiger partial charge in [-0.2, -0.15) is 10.2 Å². The van der Waals surface area contributed by atoms with Crippen molar-refractivity contribution in [1.82, 2.24) is 4.57 Å². The van der Waals surface area contributed by atoms with E-state index < -0.39 is 5.66 Å². The highest BCUT2D eigenvalue weighted by molar-refractivity contribution is 5.90. The minimum atomic E-state index is -0.500. The molecule has 1 amide bonds. The first kappa shape index (κ1) is 18.5. The van der Waals surface area contributed by atoms with E-state index in [1.165, 1.54) is 22.8 Å². The van der Waals surface area contributed by atoms with Crippen molar-refractivity contribution in [2.24, 2.45) is 10.2 Å². The van der Waals surface area contributed by atoms with Crippen LogP contribution in [-0.2, 0) is 11.3 Å². The molecule has 1 aromatic heterocycles. The highest BCUT2D eigenvalue weighted by atomic mass is 19.1. The molecule has 7 heteroatoms. The quantitative estimate of drug-likeness (QED) is 0.728. The number of terminal acetylenes is 1. The standard InChI is InChI=1S/C20H19FN4O2/c1-2-3-10-20(23-24-20)11-9-18(26)22-17-7-8-19(27)25(14-17)13-15-5-4-6-16(21)12-15/h1,4-8,12,14H,3,9-11,13H2,(H,22,26). The van der Waals surface area contributed by atoms with Crippen molar-refractivity contribution in [2.75, 3.05) is 5.32 Å². The molecule has 0 fully saturated rings. The second-order valence-corrected chi connectivity index (χ2v) is 6.45. The molecule has 1 N–H and O–H groups in total. The van der Waals surface area contributed by atoms with Gasteiger partial charge in [-0.05, 0) is 23.8 Å². The average Bonchev–Trinajstić information content (AvgIpc) is 3.42. The number of carbonyl (C=O) groups is 1. The van der Waals surface area contributed by atoms with E-state index in [9.17, 15) is 14.0 Å². The maximum absolute atomic E-state index is 13.3. The zero-order chi connectivity index (χ0) is 19.3. The van der Waals surface area contributed by atoms with Crippen LogP contribution in [0.2, 0.25) is 0 Å². The van der Waals surface area contributed by atoms with E-state index in [1.54, 1.807) is 24.4 Å². The van der Waals surface area contributed by atoms with Crippen LogP contribution >= 0.6 is 0 Å². The maximum atomic E-state index is 13.3. The Balaban J connectivity index is 1.60. The normalized spacial score (nSPS) is 13.8. The number of hydrogen-bond acceptors (Lipinski definition) is 4. The van der Waals surface area contributed by atoms with Gasteiger partial charge in [0.15, 0.2) is 5.66 Å². The van der Waals surface area contributed by atoms with E-state index in [2.05, 4.69) is 21.5 Å². The van der Waals surface area contributed by atoms with E-state index >= 15 is 0 Å². The fraction of sp³-hybridized carbons (Fsp3) is 0.300. The second-order valence-electron chi connectivity index (χ2n) is 6.45. The van der Waals surface area contributed by atoms with Gasteiger partial charge in [-0.1, -0.05) is 12.1 Å². The van der Waals surface area contributed by atoms with Crippen molar-refractivity contribution in [2.45, 2.75) is 37.9 Å². The SMILES string of the molecule is C#CCCC1(CCC(=O)Nc2ccc(=O)n(Cc3cccc(F)c3)c2)N=N1. The van der Waals surface area contributed by atoms with Gasteiger partial charge in [0.2, 0.25) is 5.91 Å². The lowest BCUT2D eigenvalue weighted by atomic mass is 10.0. The molecule has 0 aliphatic carbocycles. The van der Waals surface area contributed by atoms with Crippen molar-refractivity contribution in [3.05, 3.63) is 64.3 Å². The number of halogens is 1. The third kappa shape index (κ3) is 5.11. The molecule has 0 atom stereocenters. The van der Waals surface area contributed by atoms with E-state index in [0.29, 0.717) is 30.5 Å². The molecule has 0 radical (unpaired) electrons. The summed E-state index contributed by atoms with van der Waals surface area (Å²) in [5.74, 6) is 2.00. The van der Waals surface area contributed by atoms with Crippen LogP contribution in [-0.4, -0.2) is 16.1 Å². The average molecular weight is 366 g/mol. The van der Waals surface area contributed by atoms with Gasteiger partial charge in [0.05, 0.1) is 12.2 Å². The highest BCUT2D eigenvalue weighted by Crippen LogP contribution is 2.37. The Kier molecular flexibility index (Phi) is 5.46. The molecule has 6 nitrogen and oxygen atoms in total.